The van der Waals surface area contributed by atoms with Gasteiger partial charge in [0.05, 0.1) is 0 Å². The highest BCUT2D eigenvalue weighted by molar-refractivity contribution is 5.83. The van der Waals surface area contributed by atoms with Gasteiger partial charge in [0, 0.05) is 19.0 Å². The van der Waals surface area contributed by atoms with Crippen LogP contribution in [0.25, 0.3) is 11.2 Å². The van der Waals surface area contributed by atoms with Crippen molar-refractivity contribution in [3.8, 4) is 0 Å². The van der Waals surface area contributed by atoms with Crippen molar-refractivity contribution in [2.24, 2.45) is 0 Å². The lowest BCUT2D eigenvalue weighted by atomic mass is 10.1. The molecule has 2 aromatic heterocycles. The van der Waals surface area contributed by atoms with Crippen LogP contribution in [0.1, 0.15) is 63.6 Å². The molecule has 5 nitrogen and oxygen atoms in total. The van der Waals surface area contributed by atoms with Gasteiger partial charge in [0.1, 0.15) is 12.2 Å². The van der Waals surface area contributed by atoms with Gasteiger partial charge in [0.2, 0.25) is 0 Å². The molecule has 1 saturated carbocycles. The summed E-state index contributed by atoms with van der Waals surface area (Å²) < 4.78 is 2.31. The first-order chi connectivity index (χ1) is 10.9. The van der Waals surface area contributed by atoms with E-state index in [1.807, 2.05) is 0 Å². The Morgan fingerprint density at radius 1 is 0.955 bits per heavy atom. The van der Waals surface area contributed by atoms with Crippen molar-refractivity contribution in [3.63, 3.8) is 0 Å². The van der Waals surface area contributed by atoms with Crippen molar-refractivity contribution in [2.45, 2.75) is 76.8 Å². The van der Waals surface area contributed by atoms with E-state index in [-0.39, 0.29) is 0 Å². The fraction of sp³-hybridized carbons (Fsp3) is 0.706. The lowest BCUT2D eigenvalue weighted by Crippen LogP contribution is -2.19. The first kappa shape index (κ1) is 14.0. The summed E-state index contributed by atoms with van der Waals surface area (Å²) in [4.78, 5) is 13.9. The molecule has 1 N–H and O–H groups in total. The van der Waals surface area contributed by atoms with Gasteiger partial charge in [-0.05, 0) is 25.7 Å². The average Bonchev–Trinajstić information content (AvgIpc) is 2.74. The summed E-state index contributed by atoms with van der Waals surface area (Å²) in [5.41, 5.74) is 1.99. The average molecular weight is 299 g/mol. The highest BCUT2D eigenvalue weighted by Gasteiger charge is 2.19. The molecule has 5 heteroatoms. The van der Waals surface area contributed by atoms with E-state index in [4.69, 9.17) is 4.98 Å². The van der Waals surface area contributed by atoms with Crippen LogP contribution >= 0.6 is 0 Å². The molecule has 4 rings (SSSR count). The van der Waals surface area contributed by atoms with Gasteiger partial charge in [-0.15, -0.1) is 0 Å². The molecule has 1 aliphatic heterocycles. The number of hydrogen-bond donors (Lipinski definition) is 1. The van der Waals surface area contributed by atoms with Crippen molar-refractivity contribution in [3.05, 3.63) is 12.2 Å². The summed E-state index contributed by atoms with van der Waals surface area (Å²) in [6.45, 7) is 1.05. The molecule has 118 valence electrons. The van der Waals surface area contributed by atoms with E-state index in [1.165, 1.54) is 63.6 Å². The zero-order chi connectivity index (χ0) is 14.8. The van der Waals surface area contributed by atoms with Crippen molar-refractivity contribution in [1.29, 1.82) is 0 Å². The molecule has 0 atom stereocenters. The van der Waals surface area contributed by atoms with E-state index in [0.29, 0.717) is 6.04 Å². The van der Waals surface area contributed by atoms with Crippen LogP contribution in [0.4, 0.5) is 5.82 Å². The zero-order valence-electron chi connectivity index (χ0n) is 13.2. The Balaban J connectivity index is 1.66. The van der Waals surface area contributed by atoms with Crippen LogP contribution in [0.5, 0.6) is 0 Å². The number of fused-ring (bicyclic) bond motifs is 3. The minimum absolute atomic E-state index is 0.544. The van der Waals surface area contributed by atoms with E-state index in [9.17, 15) is 0 Å². The Kier molecular flexibility index (Phi) is 3.95. The number of hydrogen-bond acceptors (Lipinski definition) is 4. The molecule has 22 heavy (non-hydrogen) atoms. The number of nitrogens with one attached hydrogen (secondary N) is 1. The van der Waals surface area contributed by atoms with Crippen molar-refractivity contribution in [2.75, 3.05) is 5.32 Å². The van der Waals surface area contributed by atoms with Gasteiger partial charge >= 0.3 is 0 Å². The van der Waals surface area contributed by atoms with Crippen molar-refractivity contribution >= 4 is 17.0 Å². The van der Waals surface area contributed by atoms with E-state index in [0.717, 1.165) is 29.9 Å². The fourth-order valence-corrected chi connectivity index (χ4v) is 3.86. The predicted octanol–water partition coefficient (Wildman–Crippen LogP) is 3.69. The molecule has 1 fully saturated rings. The van der Waals surface area contributed by atoms with Crippen LogP contribution in [-0.2, 0) is 13.0 Å². The first-order valence-corrected chi connectivity index (χ1v) is 8.88. The highest BCUT2D eigenvalue weighted by atomic mass is 15.2. The van der Waals surface area contributed by atoms with Crippen LogP contribution < -0.4 is 5.32 Å². The van der Waals surface area contributed by atoms with Gasteiger partial charge in [0.25, 0.3) is 0 Å². The van der Waals surface area contributed by atoms with E-state index < -0.39 is 0 Å². The van der Waals surface area contributed by atoms with Crippen LogP contribution in [-0.4, -0.2) is 25.6 Å². The second-order valence-corrected chi connectivity index (χ2v) is 6.72. The largest absolute Gasteiger partial charge is 0.365 e. The van der Waals surface area contributed by atoms with Gasteiger partial charge in [-0.3, -0.25) is 0 Å². The molecule has 3 heterocycles. The first-order valence-electron chi connectivity index (χ1n) is 8.88. The Labute approximate surface area is 131 Å². The molecule has 0 bridgehead atoms. The van der Waals surface area contributed by atoms with Crippen molar-refractivity contribution < 1.29 is 0 Å². The number of imidazole rings is 1. The topological polar surface area (TPSA) is 55.6 Å². The SMILES string of the molecule is c1nc(NC2CCCCCC2)c2nc3n(c2n1)CCCCC3. The molecular weight excluding hydrogens is 274 g/mol. The fourth-order valence-electron chi connectivity index (χ4n) is 3.86. The maximum Gasteiger partial charge on any atom is 0.165 e. The molecule has 2 aliphatic rings. The summed E-state index contributed by atoms with van der Waals surface area (Å²) in [5.74, 6) is 2.13. The normalized spacial score (nSPS) is 20.4. The molecular formula is C17H25N5. The van der Waals surface area contributed by atoms with E-state index >= 15 is 0 Å². The van der Waals surface area contributed by atoms with Gasteiger partial charge in [-0.1, -0.05) is 32.1 Å². The number of aryl methyl sites for hydroxylation is 2. The molecule has 0 radical (unpaired) electrons. The standard InChI is InChI=1S/C17H25N5/c1-2-5-9-13(8-4-1)20-16-15-17(19-12-18-16)22-11-7-3-6-10-14(22)21-15/h12-13H,1-11H2,(H,18,19,20). The summed E-state index contributed by atoms with van der Waals surface area (Å²) >= 11 is 0. The van der Waals surface area contributed by atoms with Crippen LogP contribution in [0, 0.1) is 0 Å². The maximum absolute atomic E-state index is 4.88. The number of anilines is 1. The summed E-state index contributed by atoms with van der Waals surface area (Å²) in [5, 5.41) is 3.66. The molecule has 0 unspecified atom stereocenters. The number of aromatic nitrogens is 4. The molecule has 0 amide bonds. The minimum Gasteiger partial charge on any atom is -0.365 e. The quantitative estimate of drug-likeness (QED) is 0.859. The predicted molar refractivity (Wildman–Crippen MR) is 88.0 cm³/mol. The molecule has 0 aromatic carbocycles. The molecule has 0 saturated heterocycles. The minimum atomic E-state index is 0.544. The van der Waals surface area contributed by atoms with E-state index in [1.54, 1.807) is 6.33 Å². The monoisotopic (exact) mass is 299 g/mol. The third kappa shape index (κ3) is 2.69. The van der Waals surface area contributed by atoms with Crippen LogP contribution in [0.15, 0.2) is 6.33 Å². The van der Waals surface area contributed by atoms with E-state index in [2.05, 4.69) is 19.9 Å². The third-order valence-electron chi connectivity index (χ3n) is 5.09. The lowest BCUT2D eigenvalue weighted by Gasteiger charge is -2.16. The van der Waals surface area contributed by atoms with Gasteiger partial charge in [0.15, 0.2) is 17.0 Å². The van der Waals surface area contributed by atoms with Gasteiger partial charge < -0.3 is 9.88 Å². The second-order valence-electron chi connectivity index (χ2n) is 6.72. The van der Waals surface area contributed by atoms with Gasteiger partial charge in [-0.2, -0.15) is 0 Å². The number of rotatable bonds is 2. The lowest BCUT2D eigenvalue weighted by molar-refractivity contribution is 0.618. The summed E-state index contributed by atoms with van der Waals surface area (Å²) in [7, 11) is 0. The molecule has 0 spiro atoms. The maximum atomic E-state index is 4.88. The Morgan fingerprint density at radius 3 is 2.64 bits per heavy atom. The Bertz CT molecular complexity index is 640. The smallest absolute Gasteiger partial charge is 0.165 e. The second kappa shape index (κ2) is 6.23. The Morgan fingerprint density at radius 2 is 1.77 bits per heavy atom. The summed E-state index contributed by atoms with van der Waals surface area (Å²) in [6, 6.07) is 0.544. The van der Waals surface area contributed by atoms with Crippen LogP contribution in [0.2, 0.25) is 0 Å². The Hall–Kier alpha value is -1.65. The molecule has 2 aromatic rings. The third-order valence-corrected chi connectivity index (χ3v) is 5.09. The van der Waals surface area contributed by atoms with Crippen molar-refractivity contribution in [1.82, 2.24) is 19.5 Å². The number of nitrogens with zero attached hydrogens (tertiary/aromatic N) is 4. The zero-order valence-corrected chi connectivity index (χ0v) is 13.2. The van der Waals surface area contributed by atoms with Gasteiger partial charge in [-0.25, -0.2) is 15.0 Å². The summed E-state index contributed by atoms with van der Waals surface area (Å²) in [6.07, 6.45) is 14.4. The van der Waals surface area contributed by atoms with Crippen LogP contribution in [0.3, 0.4) is 0 Å². The molecule has 1 aliphatic carbocycles. The highest BCUT2D eigenvalue weighted by Crippen LogP contribution is 2.26.